The number of aliphatic hydroxyl groups is 1. The second-order valence-electron chi connectivity index (χ2n) is 6.00. The molecule has 1 aromatic carbocycles. The van der Waals surface area contributed by atoms with Crippen LogP contribution in [0.4, 0.5) is 4.79 Å². The van der Waals surface area contributed by atoms with E-state index in [1.54, 1.807) is 0 Å². The minimum absolute atomic E-state index is 0.152. The van der Waals surface area contributed by atoms with E-state index in [9.17, 15) is 4.79 Å². The van der Waals surface area contributed by atoms with Crippen molar-refractivity contribution < 1.29 is 14.6 Å². The van der Waals surface area contributed by atoms with Gasteiger partial charge in [0.15, 0.2) is 0 Å². The minimum atomic E-state index is -0.224. The van der Waals surface area contributed by atoms with E-state index in [0.29, 0.717) is 13.2 Å². The predicted molar refractivity (Wildman–Crippen MR) is 90.2 cm³/mol. The summed E-state index contributed by atoms with van der Waals surface area (Å²) in [6.07, 6.45) is 2.95. The van der Waals surface area contributed by atoms with Crippen LogP contribution in [0.3, 0.4) is 0 Å². The molecule has 1 saturated heterocycles. The number of amides is 1. The summed E-state index contributed by atoms with van der Waals surface area (Å²) >= 11 is 0. The highest BCUT2D eigenvalue weighted by atomic mass is 16.6. The molecule has 23 heavy (non-hydrogen) atoms. The number of likely N-dealkylation sites (N-methyl/N-ethyl adjacent to an activating group) is 1. The number of hydrogen-bond acceptors (Lipinski definition) is 4. The minimum Gasteiger partial charge on any atom is -0.445 e. The van der Waals surface area contributed by atoms with Crippen molar-refractivity contribution in [1.82, 2.24) is 9.80 Å². The van der Waals surface area contributed by atoms with Crippen LogP contribution < -0.4 is 0 Å². The summed E-state index contributed by atoms with van der Waals surface area (Å²) in [5.41, 5.74) is 1.00. The lowest BCUT2D eigenvalue weighted by atomic mass is 10.0. The molecule has 128 valence electrons. The maximum atomic E-state index is 12.4. The molecule has 0 aromatic heterocycles. The van der Waals surface area contributed by atoms with Gasteiger partial charge >= 0.3 is 6.09 Å². The topological polar surface area (TPSA) is 53.0 Å². The van der Waals surface area contributed by atoms with Crippen molar-refractivity contribution in [3.05, 3.63) is 35.9 Å². The van der Waals surface area contributed by atoms with Gasteiger partial charge in [-0.1, -0.05) is 37.3 Å². The van der Waals surface area contributed by atoms with Crippen molar-refractivity contribution in [3.8, 4) is 0 Å². The quantitative estimate of drug-likeness (QED) is 0.838. The van der Waals surface area contributed by atoms with Gasteiger partial charge in [0.1, 0.15) is 6.61 Å². The molecule has 0 saturated carbocycles. The lowest BCUT2D eigenvalue weighted by Gasteiger charge is -2.37. The number of hydrogen-bond donors (Lipinski definition) is 1. The van der Waals surface area contributed by atoms with Crippen LogP contribution in [0.2, 0.25) is 0 Å². The van der Waals surface area contributed by atoms with Crippen LogP contribution in [0.15, 0.2) is 30.3 Å². The first-order valence-electron chi connectivity index (χ1n) is 8.55. The third-order valence-corrected chi connectivity index (χ3v) is 4.40. The van der Waals surface area contributed by atoms with Crippen molar-refractivity contribution in [2.75, 3.05) is 32.8 Å². The van der Waals surface area contributed by atoms with Crippen LogP contribution in [-0.4, -0.2) is 59.8 Å². The first-order chi connectivity index (χ1) is 11.2. The zero-order valence-corrected chi connectivity index (χ0v) is 14.0. The number of likely N-dealkylation sites (tertiary alicyclic amines) is 1. The number of benzene rings is 1. The van der Waals surface area contributed by atoms with E-state index < -0.39 is 0 Å². The molecule has 1 N–H and O–H groups in total. The fourth-order valence-corrected chi connectivity index (χ4v) is 3.05. The van der Waals surface area contributed by atoms with Crippen LogP contribution in [0.25, 0.3) is 0 Å². The Balaban J connectivity index is 1.90. The van der Waals surface area contributed by atoms with E-state index in [2.05, 4.69) is 11.8 Å². The molecular formula is C18H28N2O3. The van der Waals surface area contributed by atoms with Gasteiger partial charge in [-0.3, -0.25) is 4.90 Å². The number of rotatable bonds is 7. The Morgan fingerprint density at radius 3 is 2.83 bits per heavy atom. The van der Waals surface area contributed by atoms with E-state index in [1.807, 2.05) is 35.2 Å². The Bertz CT molecular complexity index is 467. The summed E-state index contributed by atoms with van der Waals surface area (Å²) in [6.45, 7) is 5.64. The maximum Gasteiger partial charge on any atom is 0.410 e. The van der Waals surface area contributed by atoms with Crippen LogP contribution in [0, 0.1) is 0 Å². The van der Waals surface area contributed by atoms with Gasteiger partial charge in [0.2, 0.25) is 0 Å². The van der Waals surface area contributed by atoms with Gasteiger partial charge in [0, 0.05) is 25.7 Å². The highest BCUT2D eigenvalue weighted by molar-refractivity contribution is 5.68. The summed E-state index contributed by atoms with van der Waals surface area (Å²) < 4.78 is 5.49. The fraction of sp³-hybridized carbons (Fsp3) is 0.611. The summed E-state index contributed by atoms with van der Waals surface area (Å²) in [7, 11) is 0. The average Bonchev–Trinajstić information content (AvgIpc) is 2.60. The van der Waals surface area contributed by atoms with Crippen LogP contribution in [-0.2, 0) is 11.3 Å². The monoisotopic (exact) mass is 320 g/mol. The molecule has 1 aliphatic heterocycles. The van der Waals surface area contributed by atoms with Crippen LogP contribution in [0.5, 0.6) is 0 Å². The molecule has 1 aliphatic rings. The molecule has 0 bridgehead atoms. The average molecular weight is 320 g/mol. The van der Waals surface area contributed by atoms with Gasteiger partial charge in [-0.15, -0.1) is 0 Å². The molecule has 1 heterocycles. The molecule has 2 rings (SSSR count). The van der Waals surface area contributed by atoms with Gasteiger partial charge in [-0.05, 0) is 31.4 Å². The van der Waals surface area contributed by atoms with Crippen molar-refractivity contribution in [2.45, 2.75) is 38.8 Å². The molecule has 1 atom stereocenters. The van der Waals surface area contributed by atoms with Gasteiger partial charge in [-0.25, -0.2) is 4.79 Å². The number of piperidine rings is 1. The zero-order valence-electron chi connectivity index (χ0n) is 14.0. The standard InChI is InChI=1S/C18H28N2O3/c1-2-19(12-13-21)14-17-10-6-7-11-20(17)18(22)23-15-16-8-4-3-5-9-16/h3-5,8-9,17,21H,2,6-7,10-15H2,1H3/t17-/m1/s1. The Hall–Kier alpha value is -1.59. The first-order valence-corrected chi connectivity index (χ1v) is 8.55. The summed E-state index contributed by atoms with van der Waals surface area (Å²) in [6, 6.07) is 9.94. The van der Waals surface area contributed by atoms with Crippen LogP contribution in [0.1, 0.15) is 31.7 Å². The molecule has 0 radical (unpaired) electrons. The number of nitrogens with zero attached hydrogens (tertiary/aromatic N) is 2. The third kappa shape index (κ3) is 5.52. The second-order valence-corrected chi connectivity index (χ2v) is 6.00. The zero-order chi connectivity index (χ0) is 16.5. The van der Waals surface area contributed by atoms with Gasteiger partial charge in [0.25, 0.3) is 0 Å². The molecule has 1 amide bonds. The third-order valence-electron chi connectivity index (χ3n) is 4.40. The van der Waals surface area contributed by atoms with Gasteiger partial charge < -0.3 is 14.7 Å². The van der Waals surface area contributed by atoms with E-state index in [-0.39, 0.29) is 18.7 Å². The second kappa shape index (κ2) is 9.53. The molecule has 1 fully saturated rings. The molecule has 0 unspecified atom stereocenters. The summed E-state index contributed by atoms with van der Waals surface area (Å²) in [5.74, 6) is 0. The van der Waals surface area contributed by atoms with Crippen molar-refractivity contribution in [1.29, 1.82) is 0 Å². The van der Waals surface area contributed by atoms with E-state index >= 15 is 0 Å². The Morgan fingerprint density at radius 1 is 1.35 bits per heavy atom. The van der Waals surface area contributed by atoms with Crippen molar-refractivity contribution in [3.63, 3.8) is 0 Å². The first kappa shape index (κ1) is 17.8. The van der Waals surface area contributed by atoms with Gasteiger partial charge in [-0.2, -0.15) is 0 Å². The van der Waals surface area contributed by atoms with Crippen molar-refractivity contribution in [2.24, 2.45) is 0 Å². The van der Waals surface area contributed by atoms with Gasteiger partial charge in [0.05, 0.1) is 6.61 Å². The largest absolute Gasteiger partial charge is 0.445 e. The number of ether oxygens (including phenoxy) is 1. The molecule has 5 nitrogen and oxygen atoms in total. The smallest absolute Gasteiger partial charge is 0.410 e. The molecule has 0 aliphatic carbocycles. The van der Waals surface area contributed by atoms with E-state index in [4.69, 9.17) is 9.84 Å². The fourth-order valence-electron chi connectivity index (χ4n) is 3.05. The lowest BCUT2D eigenvalue weighted by molar-refractivity contribution is 0.0548. The SMILES string of the molecule is CCN(CCO)C[C@H]1CCCCN1C(=O)OCc1ccccc1. The van der Waals surface area contributed by atoms with E-state index in [1.165, 1.54) is 0 Å². The lowest BCUT2D eigenvalue weighted by Crippen LogP contribution is -2.50. The summed E-state index contributed by atoms with van der Waals surface area (Å²) in [5, 5.41) is 9.14. The van der Waals surface area contributed by atoms with Crippen molar-refractivity contribution >= 4 is 6.09 Å². The number of aliphatic hydroxyl groups excluding tert-OH is 1. The molecule has 5 heteroatoms. The Labute approximate surface area is 138 Å². The molecule has 1 aromatic rings. The molecule has 0 spiro atoms. The highest BCUT2D eigenvalue weighted by Crippen LogP contribution is 2.19. The van der Waals surface area contributed by atoms with E-state index in [0.717, 1.165) is 44.5 Å². The summed E-state index contributed by atoms with van der Waals surface area (Å²) in [4.78, 5) is 16.5. The maximum absolute atomic E-state index is 12.4. The predicted octanol–water partition coefficient (Wildman–Crippen LogP) is 2.49. The molecular weight excluding hydrogens is 292 g/mol. The number of carbonyl (C=O) groups excluding carboxylic acids is 1. The van der Waals surface area contributed by atoms with Crippen LogP contribution >= 0.6 is 0 Å². The Kier molecular flexibility index (Phi) is 7.36. The Morgan fingerprint density at radius 2 is 2.13 bits per heavy atom. The normalized spacial score (nSPS) is 18.2. The number of carbonyl (C=O) groups is 1. The highest BCUT2D eigenvalue weighted by Gasteiger charge is 2.29.